The van der Waals surface area contributed by atoms with Crippen molar-refractivity contribution in [3.05, 3.63) is 0 Å². The second-order valence-corrected chi connectivity index (χ2v) is 4.12. The quantitative estimate of drug-likeness (QED) is 0.520. The first-order valence-corrected chi connectivity index (χ1v) is 5.66. The van der Waals surface area contributed by atoms with Crippen LogP contribution < -0.4 is 0 Å². The number of epoxide rings is 1. The van der Waals surface area contributed by atoms with Gasteiger partial charge in [0.2, 0.25) is 0 Å². The van der Waals surface area contributed by atoms with Crippen LogP contribution >= 0.6 is 0 Å². The molecule has 0 aromatic rings. The van der Waals surface area contributed by atoms with E-state index < -0.39 is 0 Å². The zero-order valence-electron chi connectivity index (χ0n) is 9.32. The van der Waals surface area contributed by atoms with Crippen molar-refractivity contribution < 1.29 is 19.0 Å². The molecule has 0 aromatic heterocycles. The maximum absolute atomic E-state index is 11.5. The minimum absolute atomic E-state index is 0.216. The Bertz CT molecular complexity index is 247. The molecule has 2 heterocycles. The highest BCUT2D eigenvalue weighted by Gasteiger charge is 2.64. The third-order valence-electron chi connectivity index (χ3n) is 3.40. The van der Waals surface area contributed by atoms with Crippen molar-refractivity contribution >= 4 is 5.97 Å². The fourth-order valence-electron chi connectivity index (χ4n) is 2.44. The molecule has 0 radical (unpaired) electrons. The van der Waals surface area contributed by atoms with Gasteiger partial charge in [-0.25, -0.2) is 4.79 Å². The van der Waals surface area contributed by atoms with E-state index in [0.29, 0.717) is 19.1 Å². The summed E-state index contributed by atoms with van der Waals surface area (Å²) < 4.78 is 15.9. The summed E-state index contributed by atoms with van der Waals surface area (Å²) in [6, 6.07) is 0. The van der Waals surface area contributed by atoms with Crippen molar-refractivity contribution in [2.45, 2.75) is 38.4 Å². The van der Waals surface area contributed by atoms with Crippen molar-refractivity contribution in [3.63, 3.8) is 0 Å². The van der Waals surface area contributed by atoms with Crippen molar-refractivity contribution in [1.82, 2.24) is 0 Å². The molecule has 0 aliphatic carbocycles. The third-order valence-corrected chi connectivity index (χ3v) is 3.40. The van der Waals surface area contributed by atoms with Gasteiger partial charge in [0.05, 0.1) is 13.2 Å². The number of carbonyl (C=O) groups is 1. The van der Waals surface area contributed by atoms with E-state index in [9.17, 15) is 4.79 Å². The summed E-state index contributed by atoms with van der Waals surface area (Å²) in [7, 11) is 0. The molecular formula is C11H18O4. The summed E-state index contributed by atoms with van der Waals surface area (Å²) in [6.07, 6.45) is 1.49. The molecule has 3 unspecified atom stereocenters. The van der Waals surface area contributed by atoms with Gasteiger partial charge >= 0.3 is 5.97 Å². The lowest BCUT2D eigenvalue weighted by atomic mass is 9.86. The zero-order valence-corrected chi connectivity index (χ0v) is 9.32. The molecule has 2 saturated heterocycles. The molecule has 2 fully saturated rings. The lowest BCUT2D eigenvalue weighted by Crippen LogP contribution is -2.30. The van der Waals surface area contributed by atoms with Crippen LogP contribution in [0.2, 0.25) is 0 Å². The number of carbonyl (C=O) groups excluding carboxylic acids is 1. The van der Waals surface area contributed by atoms with Crippen LogP contribution in [0, 0.1) is 5.92 Å². The Morgan fingerprint density at radius 2 is 2.33 bits per heavy atom. The Hall–Kier alpha value is -0.610. The molecule has 4 nitrogen and oxygen atoms in total. The first-order valence-electron chi connectivity index (χ1n) is 5.66. The van der Waals surface area contributed by atoms with Gasteiger partial charge in [-0.05, 0) is 19.8 Å². The molecule has 15 heavy (non-hydrogen) atoms. The van der Waals surface area contributed by atoms with Gasteiger partial charge in [0.25, 0.3) is 0 Å². The van der Waals surface area contributed by atoms with E-state index in [0.717, 1.165) is 19.4 Å². The van der Waals surface area contributed by atoms with E-state index in [-0.39, 0.29) is 17.7 Å². The molecule has 0 N–H and O–H groups in total. The van der Waals surface area contributed by atoms with Crippen LogP contribution in [0.3, 0.4) is 0 Å². The van der Waals surface area contributed by atoms with Crippen LogP contribution in [0.25, 0.3) is 0 Å². The Labute approximate surface area is 89.9 Å². The molecule has 0 spiro atoms. The summed E-state index contributed by atoms with van der Waals surface area (Å²) >= 11 is 0. The van der Waals surface area contributed by atoms with Gasteiger partial charge in [-0.2, -0.15) is 0 Å². The lowest BCUT2D eigenvalue weighted by molar-refractivity contribution is -0.144. The van der Waals surface area contributed by atoms with E-state index in [1.807, 2.05) is 6.92 Å². The Balaban J connectivity index is 1.98. The smallest absolute Gasteiger partial charge is 0.338 e. The van der Waals surface area contributed by atoms with E-state index in [1.165, 1.54) is 0 Å². The van der Waals surface area contributed by atoms with Gasteiger partial charge in [0.15, 0.2) is 6.10 Å². The summed E-state index contributed by atoms with van der Waals surface area (Å²) in [5, 5.41) is 0. The number of hydrogen-bond donors (Lipinski definition) is 0. The molecular weight excluding hydrogens is 196 g/mol. The maximum Gasteiger partial charge on any atom is 0.338 e. The van der Waals surface area contributed by atoms with Crippen molar-refractivity contribution in [1.29, 1.82) is 0 Å². The van der Waals surface area contributed by atoms with Crippen LogP contribution in [-0.4, -0.2) is 37.5 Å². The van der Waals surface area contributed by atoms with Gasteiger partial charge < -0.3 is 14.2 Å². The minimum Gasteiger partial charge on any atom is -0.464 e. The highest BCUT2D eigenvalue weighted by atomic mass is 16.7. The fraction of sp³-hybridized carbons (Fsp3) is 0.909. The van der Waals surface area contributed by atoms with E-state index in [4.69, 9.17) is 14.2 Å². The van der Waals surface area contributed by atoms with Crippen molar-refractivity contribution in [3.8, 4) is 0 Å². The summed E-state index contributed by atoms with van der Waals surface area (Å²) in [5.74, 6) is 0.142. The number of esters is 1. The Morgan fingerprint density at radius 3 is 2.87 bits per heavy atom. The summed E-state index contributed by atoms with van der Waals surface area (Å²) in [6.45, 7) is 5.78. The van der Waals surface area contributed by atoms with E-state index in [1.54, 1.807) is 0 Å². The predicted molar refractivity (Wildman–Crippen MR) is 53.5 cm³/mol. The Morgan fingerprint density at radius 1 is 1.53 bits per heavy atom. The summed E-state index contributed by atoms with van der Waals surface area (Å²) in [5.41, 5.74) is -0.289. The molecule has 86 valence electrons. The largest absolute Gasteiger partial charge is 0.464 e. The van der Waals surface area contributed by atoms with Crippen molar-refractivity contribution in [2.75, 3.05) is 19.8 Å². The first kappa shape index (κ1) is 10.9. The lowest BCUT2D eigenvalue weighted by Gasteiger charge is -2.16. The monoisotopic (exact) mass is 214 g/mol. The summed E-state index contributed by atoms with van der Waals surface area (Å²) in [4.78, 5) is 11.5. The molecule has 2 rings (SSSR count). The number of hydrogen-bond acceptors (Lipinski definition) is 4. The van der Waals surface area contributed by atoms with Gasteiger partial charge in [-0.3, -0.25) is 0 Å². The highest BCUT2D eigenvalue weighted by molar-refractivity contribution is 5.79. The highest BCUT2D eigenvalue weighted by Crippen LogP contribution is 2.49. The topological polar surface area (TPSA) is 48.1 Å². The maximum atomic E-state index is 11.5. The van der Waals surface area contributed by atoms with E-state index >= 15 is 0 Å². The molecule has 0 saturated carbocycles. The second-order valence-electron chi connectivity index (χ2n) is 4.12. The third kappa shape index (κ3) is 1.76. The predicted octanol–water partition coefficient (Wildman–Crippen LogP) is 1.13. The van der Waals surface area contributed by atoms with Crippen LogP contribution in [0.4, 0.5) is 0 Å². The first-order chi connectivity index (χ1) is 7.24. The standard InChI is InChI=1S/C11H18O4/c1-3-11(8-5-6-13-7-8)9(15-11)10(12)14-4-2/h8-9H,3-7H2,1-2H3. The fourth-order valence-corrected chi connectivity index (χ4v) is 2.44. The molecule has 2 aliphatic rings. The SMILES string of the molecule is CCOC(=O)C1OC1(CC)C1CCOC1. The van der Waals surface area contributed by atoms with Crippen LogP contribution in [0.1, 0.15) is 26.7 Å². The van der Waals surface area contributed by atoms with Crippen LogP contribution in [0.15, 0.2) is 0 Å². The average Bonchev–Trinajstić information content (AvgIpc) is 2.74. The molecule has 3 atom stereocenters. The van der Waals surface area contributed by atoms with Gasteiger partial charge in [0, 0.05) is 12.5 Å². The Kier molecular flexibility index (Phi) is 2.98. The molecule has 4 heteroatoms. The van der Waals surface area contributed by atoms with Crippen molar-refractivity contribution in [2.24, 2.45) is 5.92 Å². The second kappa shape index (κ2) is 4.10. The zero-order chi connectivity index (χ0) is 10.9. The van der Waals surface area contributed by atoms with E-state index in [2.05, 4.69) is 6.92 Å². The number of ether oxygens (including phenoxy) is 3. The van der Waals surface area contributed by atoms with Gasteiger partial charge in [-0.15, -0.1) is 0 Å². The number of rotatable bonds is 4. The van der Waals surface area contributed by atoms with Gasteiger partial charge in [0.1, 0.15) is 5.60 Å². The minimum atomic E-state index is -0.353. The van der Waals surface area contributed by atoms with Crippen LogP contribution in [-0.2, 0) is 19.0 Å². The molecule has 2 aliphatic heterocycles. The molecule has 0 bridgehead atoms. The molecule has 0 aromatic carbocycles. The normalized spacial score (nSPS) is 39.1. The average molecular weight is 214 g/mol. The molecule has 0 amide bonds. The van der Waals surface area contributed by atoms with Crippen LogP contribution in [0.5, 0.6) is 0 Å². The van der Waals surface area contributed by atoms with Gasteiger partial charge in [-0.1, -0.05) is 6.92 Å².